The molecule has 1 heterocycles. The molecule has 0 saturated heterocycles. The van der Waals surface area contributed by atoms with Gasteiger partial charge in [-0.1, -0.05) is 57.2 Å². The SMILES string of the molecule is COc1ccc(-c2ccc(C(C)(C)C)cc2)cc1-c1nc2c(ccc3cc(C(=O)O)cc(O)c32)[nH]1. The number of aromatic amines is 1. The number of nitrogens with zero attached hydrogens (tertiary/aromatic N) is 1. The van der Waals surface area contributed by atoms with Crippen molar-refractivity contribution in [2.24, 2.45) is 0 Å². The quantitative estimate of drug-likeness (QED) is 0.272. The first-order valence-electron chi connectivity index (χ1n) is 11.3. The van der Waals surface area contributed by atoms with Gasteiger partial charge in [-0.2, -0.15) is 0 Å². The standard InChI is InChI=1S/C29H26N2O4/c1-29(2,3)20-9-5-16(6-10-20)17-8-12-24(35-4)21(14-17)27-30-22-11-7-18-13-19(28(33)34)15-23(32)25(18)26(22)31-27/h5-15,32H,1-4H3,(H,30,31)(H,33,34). The fourth-order valence-corrected chi connectivity index (χ4v) is 4.40. The number of carboxylic acids is 1. The maximum absolute atomic E-state index is 11.4. The lowest BCUT2D eigenvalue weighted by Gasteiger charge is -2.19. The van der Waals surface area contributed by atoms with Gasteiger partial charge in [0, 0.05) is 0 Å². The number of ether oxygens (including phenoxy) is 1. The summed E-state index contributed by atoms with van der Waals surface area (Å²) in [5.41, 5.74) is 5.57. The van der Waals surface area contributed by atoms with Crippen molar-refractivity contribution in [3.05, 3.63) is 77.9 Å². The van der Waals surface area contributed by atoms with E-state index in [0.717, 1.165) is 22.2 Å². The Bertz CT molecular complexity index is 1590. The fraction of sp³-hybridized carbons (Fsp3) is 0.172. The van der Waals surface area contributed by atoms with Gasteiger partial charge < -0.3 is 19.9 Å². The zero-order valence-electron chi connectivity index (χ0n) is 20.0. The van der Waals surface area contributed by atoms with E-state index in [4.69, 9.17) is 9.72 Å². The highest BCUT2D eigenvalue weighted by Crippen LogP contribution is 2.38. The van der Waals surface area contributed by atoms with E-state index in [2.05, 4.69) is 50.0 Å². The van der Waals surface area contributed by atoms with Crippen molar-refractivity contribution in [3.63, 3.8) is 0 Å². The molecule has 176 valence electrons. The minimum absolute atomic E-state index is 0.0250. The number of H-pyrrole nitrogens is 1. The first-order chi connectivity index (χ1) is 16.7. The van der Waals surface area contributed by atoms with E-state index in [0.29, 0.717) is 27.9 Å². The number of phenols is 1. The second kappa shape index (κ2) is 8.17. The molecule has 0 aliphatic rings. The predicted molar refractivity (Wildman–Crippen MR) is 138 cm³/mol. The molecule has 0 unspecified atom stereocenters. The van der Waals surface area contributed by atoms with Crippen LogP contribution >= 0.6 is 0 Å². The van der Waals surface area contributed by atoms with Crippen LogP contribution in [0.15, 0.2) is 66.7 Å². The van der Waals surface area contributed by atoms with Crippen molar-refractivity contribution >= 4 is 27.8 Å². The summed E-state index contributed by atoms with van der Waals surface area (Å²) in [4.78, 5) is 19.5. The number of carboxylic acid groups (broad SMARTS) is 1. The Morgan fingerprint density at radius 2 is 1.66 bits per heavy atom. The van der Waals surface area contributed by atoms with Gasteiger partial charge in [-0.3, -0.25) is 0 Å². The highest BCUT2D eigenvalue weighted by Gasteiger charge is 2.18. The number of hydrogen-bond donors (Lipinski definition) is 3. The molecule has 0 amide bonds. The normalized spacial score (nSPS) is 11.8. The summed E-state index contributed by atoms with van der Waals surface area (Å²) < 4.78 is 5.63. The van der Waals surface area contributed by atoms with E-state index in [1.54, 1.807) is 13.2 Å². The molecule has 6 heteroatoms. The topological polar surface area (TPSA) is 95.4 Å². The molecular weight excluding hydrogens is 440 g/mol. The number of methoxy groups -OCH3 is 1. The van der Waals surface area contributed by atoms with Crippen LogP contribution in [0.3, 0.4) is 0 Å². The van der Waals surface area contributed by atoms with Gasteiger partial charge in [0.05, 0.1) is 29.1 Å². The summed E-state index contributed by atoms with van der Waals surface area (Å²) in [6, 6.07) is 20.9. The minimum atomic E-state index is -1.10. The lowest BCUT2D eigenvalue weighted by atomic mass is 9.86. The van der Waals surface area contributed by atoms with Crippen molar-refractivity contribution in [1.29, 1.82) is 0 Å². The number of carbonyl (C=O) groups is 1. The molecule has 5 rings (SSSR count). The monoisotopic (exact) mass is 466 g/mol. The summed E-state index contributed by atoms with van der Waals surface area (Å²) >= 11 is 0. The molecule has 0 fully saturated rings. The Labute approximate surface area is 202 Å². The first kappa shape index (κ1) is 22.5. The fourth-order valence-electron chi connectivity index (χ4n) is 4.40. The van der Waals surface area contributed by atoms with E-state index in [-0.39, 0.29) is 16.7 Å². The number of imidazole rings is 1. The summed E-state index contributed by atoms with van der Waals surface area (Å²) in [5, 5.41) is 21.0. The van der Waals surface area contributed by atoms with Crippen LogP contribution in [0.2, 0.25) is 0 Å². The van der Waals surface area contributed by atoms with Crippen LogP contribution in [0.4, 0.5) is 0 Å². The molecule has 5 aromatic rings. The molecule has 35 heavy (non-hydrogen) atoms. The maximum atomic E-state index is 11.4. The van der Waals surface area contributed by atoms with Gasteiger partial charge in [-0.25, -0.2) is 9.78 Å². The van der Waals surface area contributed by atoms with E-state index >= 15 is 0 Å². The van der Waals surface area contributed by atoms with Crippen LogP contribution in [-0.4, -0.2) is 33.3 Å². The molecule has 3 N–H and O–H groups in total. The molecule has 0 radical (unpaired) electrons. The average Bonchev–Trinajstić information content (AvgIpc) is 3.27. The van der Waals surface area contributed by atoms with Gasteiger partial charge in [0.25, 0.3) is 0 Å². The van der Waals surface area contributed by atoms with Crippen LogP contribution in [0.25, 0.3) is 44.3 Å². The van der Waals surface area contributed by atoms with Gasteiger partial charge in [-0.05, 0) is 57.8 Å². The molecule has 0 aliphatic carbocycles. The van der Waals surface area contributed by atoms with Gasteiger partial charge >= 0.3 is 5.97 Å². The summed E-state index contributed by atoms with van der Waals surface area (Å²) in [6.07, 6.45) is 0. The highest BCUT2D eigenvalue weighted by molar-refractivity contribution is 6.10. The van der Waals surface area contributed by atoms with Crippen molar-refractivity contribution in [3.8, 4) is 34.0 Å². The molecule has 0 bridgehead atoms. The zero-order chi connectivity index (χ0) is 24.9. The summed E-state index contributed by atoms with van der Waals surface area (Å²) in [7, 11) is 1.62. The number of fused-ring (bicyclic) bond motifs is 3. The van der Waals surface area contributed by atoms with Crippen LogP contribution in [-0.2, 0) is 5.41 Å². The number of nitrogens with one attached hydrogen (secondary N) is 1. The predicted octanol–water partition coefficient (Wildman–Crippen LogP) is 6.76. The molecule has 6 nitrogen and oxygen atoms in total. The van der Waals surface area contributed by atoms with E-state index < -0.39 is 5.97 Å². The smallest absolute Gasteiger partial charge is 0.335 e. The third-order valence-corrected chi connectivity index (χ3v) is 6.33. The Hall–Kier alpha value is -4.32. The molecular formula is C29H26N2O4. The summed E-state index contributed by atoms with van der Waals surface area (Å²) in [6.45, 7) is 6.58. The third kappa shape index (κ3) is 3.97. The van der Waals surface area contributed by atoms with Crippen LogP contribution in [0.1, 0.15) is 36.7 Å². The molecule has 1 aromatic heterocycles. The Morgan fingerprint density at radius 1 is 0.943 bits per heavy atom. The Balaban J connectivity index is 1.64. The number of hydrogen-bond acceptors (Lipinski definition) is 4. The largest absolute Gasteiger partial charge is 0.507 e. The molecule has 4 aromatic carbocycles. The first-order valence-corrected chi connectivity index (χ1v) is 11.3. The molecule has 0 aliphatic heterocycles. The van der Waals surface area contributed by atoms with Gasteiger partial charge in [0.15, 0.2) is 0 Å². The number of aromatic nitrogens is 2. The summed E-state index contributed by atoms with van der Waals surface area (Å²) in [5.74, 6) is 0.0466. The van der Waals surface area contributed by atoms with Gasteiger partial charge in [0.2, 0.25) is 0 Å². The lowest BCUT2D eigenvalue weighted by Crippen LogP contribution is -2.10. The minimum Gasteiger partial charge on any atom is -0.507 e. The number of benzene rings is 4. The van der Waals surface area contributed by atoms with Crippen LogP contribution < -0.4 is 4.74 Å². The third-order valence-electron chi connectivity index (χ3n) is 6.33. The molecule has 0 saturated carbocycles. The zero-order valence-corrected chi connectivity index (χ0v) is 20.0. The van der Waals surface area contributed by atoms with Crippen LogP contribution in [0, 0.1) is 0 Å². The molecule has 0 atom stereocenters. The Morgan fingerprint density at radius 3 is 2.31 bits per heavy atom. The Kier molecular flexibility index (Phi) is 5.24. The van der Waals surface area contributed by atoms with E-state index in [9.17, 15) is 15.0 Å². The molecule has 0 spiro atoms. The number of aromatic carboxylic acids is 1. The highest BCUT2D eigenvalue weighted by atomic mass is 16.5. The average molecular weight is 467 g/mol. The van der Waals surface area contributed by atoms with Gasteiger partial charge in [-0.15, -0.1) is 0 Å². The van der Waals surface area contributed by atoms with E-state index in [1.807, 2.05) is 24.3 Å². The second-order valence-electron chi connectivity index (χ2n) is 9.69. The lowest BCUT2D eigenvalue weighted by molar-refractivity contribution is 0.0696. The number of phenolic OH excluding ortho intramolecular Hbond substituents is 1. The van der Waals surface area contributed by atoms with Crippen LogP contribution in [0.5, 0.6) is 11.5 Å². The van der Waals surface area contributed by atoms with Crippen molar-refractivity contribution in [1.82, 2.24) is 9.97 Å². The van der Waals surface area contributed by atoms with E-state index in [1.165, 1.54) is 17.7 Å². The van der Waals surface area contributed by atoms with Crippen molar-refractivity contribution in [2.45, 2.75) is 26.2 Å². The van der Waals surface area contributed by atoms with Crippen molar-refractivity contribution in [2.75, 3.05) is 7.11 Å². The second-order valence-corrected chi connectivity index (χ2v) is 9.69. The maximum Gasteiger partial charge on any atom is 0.335 e. The van der Waals surface area contributed by atoms with Crippen molar-refractivity contribution < 1.29 is 19.7 Å². The van der Waals surface area contributed by atoms with Gasteiger partial charge in [0.1, 0.15) is 22.8 Å². The number of aromatic hydroxyl groups is 1. The number of rotatable bonds is 4.